The van der Waals surface area contributed by atoms with Gasteiger partial charge in [-0.2, -0.15) is 0 Å². The second kappa shape index (κ2) is 10.5. The minimum absolute atomic E-state index is 0.656. The smallest absolute Gasteiger partial charge is 0.0594 e. The molecule has 5 heteroatoms. The molecule has 4 unspecified atom stereocenters. The first-order valence-electron chi connectivity index (χ1n) is 11.6. The molecule has 3 heterocycles. The lowest BCUT2D eigenvalue weighted by atomic mass is 9.89. The topological polar surface area (TPSA) is 31.0 Å². The average Bonchev–Trinajstić information content (AvgIpc) is 2.69. The molecule has 3 rings (SSSR count). The molecule has 0 aromatic heterocycles. The lowest BCUT2D eigenvalue weighted by Crippen LogP contribution is -2.55. The lowest BCUT2D eigenvalue weighted by Gasteiger charge is -2.42. The Hall–Kier alpha value is -0.200. The molecule has 0 aromatic carbocycles. The van der Waals surface area contributed by atoms with Crippen molar-refractivity contribution in [3.8, 4) is 0 Å². The number of morpholine rings is 1. The van der Waals surface area contributed by atoms with E-state index in [1.807, 2.05) is 0 Å². The van der Waals surface area contributed by atoms with Crippen LogP contribution in [-0.4, -0.2) is 97.9 Å². The maximum absolute atomic E-state index is 5.52. The summed E-state index contributed by atoms with van der Waals surface area (Å²) in [6, 6.07) is 2.72. The molecule has 0 aliphatic carbocycles. The van der Waals surface area contributed by atoms with Crippen molar-refractivity contribution in [2.75, 3.05) is 59.0 Å². The second-order valence-corrected chi connectivity index (χ2v) is 9.56. The number of piperidine rings is 1. The van der Waals surface area contributed by atoms with Crippen LogP contribution in [0.5, 0.6) is 0 Å². The minimum atomic E-state index is 0.656. The Morgan fingerprint density at radius 3 is 2.33 bits per heavy atom. The van der Waals surface area contributed by atoms with Crippen LogP contribution in [0.1, 0.15) is 53.4 Å². The van der Waals surface area contributed by atoms with Crippen LogP contribution in [0.4, 0.5) is 0 Å². The van der Waals surface area contributed by atoms with Crippen LogP contribution in [-0.2, 0) is 4.74 Å². The van der Waals surface area contributed by atoms with Gasteiger partial charge in [-0.1, -0.05) is 0 Å². The van der Waals surface area contributed by atoms with Crippen molar-refractivity contribution >= 4 is 0 Å². The molecule has 0 bridgehead atoms. The first-order valence-corrected chi connectivity index (χ1v) is 11.6. The van der Waals surface area contributed by atoms with Gasteiger partial charge in [0, 0.05) is 63.4 Å². The average molecular weight is 381 g/mol. The standard InChI is InChI=1S/C22H44N4O/c1-18(2)25-9-7-23-22(17-25)15-20(4)26-8-5-6-21(16-26)14-19(3)24-10-12-27-13-11-24/h18-23H,5-17H2,1-4H3. The van der Waals surface area contributed by atoms with E-state index in [0.29, 0.717) is 24.2 Å². The van der Waals surface area contributed by atoms with E-state index in [0.717, 1.165) is 38.8 Å². The summed E-state index contributed by atoms with van der Waals surface area (Å²) in [5, 5.41) is 3.77. The van der Waals surface area contributed by atoms with Crippen LogP contribution < -0.4 is 5.32 Å². The van der Waals surface area contributed by atoms with Crippen molar-refractivity contribution in [3.63, 3.8) is 0 Å². The van der Waals surface area contributed by atoms with E-state index in [1.54, 1.807) is 0 Å². The fourth-order valence-electron chi connectivity index (χ4n) is 5.38. The van der Waals surface area contributed by atoms with E-state index < -0.39 is 0 Å². The first kappa shape index (κ1) is 21.5. The molecule has 3 saturated heterocycles. The molecule has 0 spiro atoms. The van der Waals surface area contributed by atoms with Gasteiger partial charge in [-0.25, -0.2) is 0 Å². The van der Waals surface area contributed by atoms with Crippen LogP contribution in [0, 0.1) is 5.92 Å². The number of likely N-dealkylation sites (tertiary alicyclic amines) is 1. The highest BCUT2D eigenvalue weighted by Crippen LogP contribution is 2.26. The Morgan fingerprint density at radius 2 is 1.59 bits per heavy atom. The van der Waals surface area contributed by atoms with E-state index in [1.165, 1.54) is 51.9 Å². The third-order valence-corrected chi connectivity index (χ3v) is 7.16. The SMILES string of the molecule is CC(C)N1CCNC(CC(C)N2CCCC(CC(C)N3CCOCC3)C2)C1. The zero-order valence-corrected chi connectivity index (χ0v) is 18.3. The zero-order chi connectivity index (χ0) is 19.2. The lowest BCUT2D eigenvalue weighted by molar-refractivity contribution is 0.0104. The number of nitrogens with one attached hydrogen (secondary N) is 1. The second-order valence-electron chi connectivity index (χ2n) is 9.56. The molecule has 5 nitrogen and oxygen atoms in total. The van der Waals surface area contributed by atoms with Gasteiger partial charge < -0.3 is 15.0 Å². The highest BCUT2D eigenvalue weighted by molar-refractivity contribution is 4.86. The molecule has 3 aliphatic heterocycles. The summed E-state index contributed by atoms with van der Waals surface area (Å²) in [6.45, 7) is 19.8. The van der Waals surface area contributed by atoms with Gasteiger partial charge in [0.25, 0.3) is 0 Å². The Labute approximate surface area is 167 Å². The molecule has 4 atom stereocenters. The quantitative estimate of drug-likeness (QED) is 0.732. The third kappa shape index (κ3) is 6.40. The normalized spacial score (nSPS) is 31.9. The molecule has 158 valence electrons. The summed E-state index contributed by atoms with van der Waals surface area (Å²) in [6.07, 6.45) is 5.43. The summed E-state index contributed by atoms with van der Waals surface area (Å²) in [5.74, 6) is 0.866. The molecule has 0 saturated carbocycles. The van der Waals surface area contributed by atoms with Crippen molar-refractivity contribution in [2.45, 2.75) is 77.5 Å². The number of rotatable bonds is 7. The molecule has 0 radical (unpaired) electrons. The van der Waals surface area contributed by atoms with Crippen molar-refractivity contribution in [3.05, 3.63) is 0 Å². The highest BCUT2D eigenvalue weighted by Gasteiger charge is 2.29. The summed E-state index contributed by atoms with van der Waals surface area (Å²) >= 11 is 0. The third-order valence-electron chi connectivity index (χ3n) is 7.16. The van der Waals surface area contributed by atoms with E-state index in [4.69, 9.17) is 4.74 Å². The van der Waals surface area contributed by atoms with E-state index in [2.05, 4.69) is 47.7 Å². The number of ether oxygens (including phenoxy) is 1. The Balaban J connectivity index is 1.44. The van der Waals surface area contributed by atoms with E-state index in [9.17, 15) is 0 Å². The molecule has 0 aromatic rings. The number of hydrogen-bond acceptors (Lipinski definition) is 5. The Morgan fingerprint density at radius 1 is 0.852 bits per heavy atom. The summed E-state index contributed by atoms with van der Waals surface area (Å²) in [5.41, 5.74) is 0. The molecular weight excluding hydrogens is 336 g/mol. The monoisotopic (exact) mass is 380 g/mol. The van der Waals surface area contributed by atoms with Gasteiger partial charge in [0.2, 0.25) is 0 Å². The predicted octanol–water partition coefficient (Wildman–Crippen LogP) is 2.27. The maximum Gasteiger partial charge on any atom is 0.0594 e. The van der Waals surface area contributed by atoms with E-state index >= 15 is 0 Å². The van der Waals surface area contributed by atoms with Crippen molar-refractivity contribution in [1.29, 1.82) is 0 Å². The fourth-order valence-corrected chi connectivity index (χ4v) is 5.38. The Kier molecular flexibility index (Phi) is 8.40. The van der Waals surface area contributed by atoms with Gasteiger partial charge in [-0.05, 0) is 65.8 Å². The van der Waals surface area contributed by atoms with Crippen LogP contribution >= 0.6 is 0 Å². The molecule has 3 fully saturated rings. The zero-order valence-electron chi connectivity index (χ0n) is 18.3. The van der Waals surface area contributed by atoms with Crippen LogP contribution in [0.15, 0.2) is 0 Å². The number of hydrogen-bond donors (Lipinski definition) is 1. The fraction of sp³-hybridized carbons (Fsp3) is 1.00. The van der Waals surface area contributed by atoms with Crippen LogP contribution in [0.3, 0.4) is 0 Å². The van der Waals surface area contributed by atoms with Gasteiger partial charge in [0.15, 0.2) is 0 Å². The van der Waals surface area contributed by atoms with Crippen LogP contribution in [0.25, 0.3) is 0 Å². The van der Waals surface area contributed by atoms with E-state index in [-0.39, 0.29) is 0 Å². The van der Waals surface area contributed by atoms with Gasteiger partial charge in [0.05, 0.1) is 13.2 Å². The Bertz CT molecular complexity index is 427. The van der Waals surface area contributed by atoms with Crippen molar-refractivity contribution < 1.29 is 4.74 Å². The van der Waals surface area contributed by atoms with Crippen LogP contribution in [0.2, 0.25) is 0 Å². The van der Waals surface area contributed by atoms with Gasteiger partial charge >= 0.3 is 0 Å². The van der Waals surface area contributed by atoms with Crippen molar-refractivity contribution in [1.82, 2.24) is 20.0 Å². The maximum atomic E-state index is 5.52. The summed E-state index contributed by atoms with van der Waals surface area (Å²) in [7, 11) is 0. The van der Waals surface area contributed by atoms with Gasteiger partial charge in [-0.15, -0.1) is 0 Å². The van der Waals surface area contributed by atoms with Gasteiger partial charge in [-0.3, -0.25) is 9.80 Å². The number of piperazine rings is 1. The molecular formula is C22H44N4O. The summed E-state index contributed by atoms with van der Waals surface area (Å²) < 4.78 is 5.52. The first-order chi connectivity index (χ1) is 13.0. The summed E-state index contributed by atoms with van der Waals surface area (Å²) in [4.78, 5) is 8.06. The van der Waals surface area contributed by atoms with Crippen molar-refractivity contribution in [2.24, 2.45) is 5.92 Å². The minimum Gasteiger partial charge on any atom is -0.379 e. The molecule has 3 aliphatic rings. The molecule has 27 heavy (non-hydrogen) atoms. The largest absolute Gasteiger partial charge is 0.379 e. The van der Waals surface area contributed by atoms with Gasteiger partial charge in [0.1, 0.15) is 0 Å². The predicted molar refractivity (Wildman–Crippen MR) is 113 cm³/mol. The molecule has 0 amide bonds. The molecule has 1 N–H and O–H groups in total. The number of nitrogens with zero attached hydrogens (tertiary/aromatic N) is 3. The highest BCUT2D eigenvalue weighted by atomic mass is 16.5.